The molecule has 3 nitrogen and oxygen atoms in total. The average Bonchev–Trinajstić information content (AvgIpc) is 2.92. The molecule has 2 rings (SSSR count). The van der Waals surface area contributed by atoms with E-state index in [1.807, 2.05) is 11.8 Å². The summed E-state index contributed by atoms with van der Waals surface area (Å²) in [5, 5.41) is 7.99. The van der Waals surface area contributed by atoms with Crippen LogP contribution in [0.1, 0.15) is 25.6 Å². The van der Waals surface area contributed by atoms with Crippen LogP contribution in [0.2, 0.25) is 0 Å². The third-order valence-electron chi connectivity index (χ3n) is 3.09. The number of thiophene rings is 1. The second-order valence-corrected chi connectivity index (χ2v) is 6.44. The molecule has 1 saturated heterocycles. The number of hydrogen-bond acceptors (Lipinski definition) is 4. The summed E-state index contributed by atoms with van der Waals surface area (Å²) in [5.41, 5.74) is 1.20. The highest BCUT2D eigenvalue weighted by molar-refractivity contribution is 7.99. The minimum atomic E-state index is -0.0750. The molecule has 0 saturated carbocycles. The molecule has 3 unspecified atom stereocenters. The van der Waals surface area contributed by atoms with Crippen LogP contribution in [0.3, 0.4) is 0 Å². The van der Waals surface area contributed by atoms with Gasteiger partial charge < -0.3 is 4.90 Å². The number of hydrogen-bond donors (Lipinski definition) is 1. The fourth-order valence-electron chi connectivity index (χ4n) is 2.03. The second-order valence-electron chi connectivity index (χ2n) is 4.38. The van der Waals surface area contributed by atoms with E-state index in [-0.39, 0.29) is 18.1 Å². The van der Waals surface area contributed by atoms with Crippen LogP contribution in [-0.2, 0) is 4.79 Å². The maximum atomic E-state index is 12.1. The molecule has 0 bridgehead atoms. The van der Waals surface area contributed by atoms with Crippen molar-refractivity contribution < 1.29 is 4.79 Å². The molecule has 1 N–H and O–H groups in total. The normalized spacial score (nSPS) is 26.5. The third kappa shape index (κ3) is 2.67. The number of nitrogens with one attached hydrogen (secondary N) is 1. The summed E-state index contributed by atoms with van der Waals surface area (Å²) in [6.45, 7) is 4.90. The zero-order valence-corrected chi connectivity index (χ0v) is 12.0. The zero-order valence-electron chi connectivity index (χ0n) is 10.3. The van der Waals surface area contributed by atoms with Crippen LogP contribution in [0.15, 0.2) is 16.8 Å². The van der Waals surface area contributed by atoms with E-state index in [2.05, 4.69) is 35.3 Å². The van der Waals surface area contributed by atoms with Crippen LogP contribution in [-0.4, -0.2) is 34.9 Å². The average molecular weight is 270 g/mol. The minimum Gasteiger partial charge on any atom is -0.320 e. The summed E-state index contributed by atoms with van der Waals surface area (Å²) in [7, 11) is 0. The first-order valence-electron chi connectivity index (χ1n) is 5.75. The lowest BCUT2D eigenvalue weighted by Gasteiger charge is -2.26. The Balaban J connectivity index is 2.16. The summed E-state index contributed by atoms with van der Waals surface area (Å²) < 4.78 is 0. The van der Waals surface area contributed by atoms with Crippen molar-refractivity contribution in [2.24, 2.45) is 0 Å². The third-order valence-corrected chi connectivity index (χ3v) is 4.74. The van der Waals surface area contributed by atoms with Crippen molar-refractivity contribution >= 4 is 29.0 Å². The first kappa shape index (κ1) is 12.9. The van der Waals surface area contributed by atoms with Gasteiger partial charge in [0.05, 0.1) is 6.04 Å². The molecule has 17 heavy (non-hydrogen) atoms. The SMILES string of the molecule is CSC(C)CN1C(=O)C(C)NC1c1ccsc1. The van der Waals surface area contributed by atoms with Crippen LogP contribution in [0.5, 0.6) is 0 Å². The molecule has 1 aliphatic rings. The van der Waals surface area contributed by atoms with Gasteiger partial charge in [-0.25, -0.2) is 0 Å². The number of rotatable bonds is 4. The van der Waals surface area contributed by atoms with Gasteiger partial charge in [-0.3, -0.25) is 10.1 Å². The Hall–Kier alpha value is -0.520. The molecular weight excluding hydrogens is 252 g/mol. The first-order chi connectivity index (χ1) is 8.13. The van der Waals surface area contributed by atoms with Crippen LogP contribution in [0.25, 0.3) is 0 Å². The van der Waals surface area contributed by atoms with E-state index in [9.17, 15) is 4.79 Å². The fraction of sp³-hybridized carbons (Fsp3) is 0.583. The summed E-state index contributed by atoms with van der Waals surface area (Å²) in [6, 6.07) is 2.01. The first-order valence-corrected chi connectivity index (χ1v) is 7.98. The predicted octanol–water partition coefficient (Wildman–Crippen LogP) is 2.32. The molecule has 5 heteroatoms. The van der Waals surface area contributed by atoms with Crippen LogP contribution >= 0.6 is 23.1 Å². The highest BCUT2D eigenvalue weighted by Gasteiger charge is 2.37. The molecule has 2 heterocycles. The number of carbonyl (C=O) groups excluding carboxylic acids is 1. The zero-order chi connectivity index (χ0) is 12.4. The van der Waals surface area contributed by atoms with Crippen molar-refractivity contribution in [1.82, 2.24) is 10.2 Å². The van der Waals surface area contributed by atoms with Crippen molar-refractivity contribution in [2.75, 3.05) is 12.8 Å². The van der Waals surface area contributed by atoms with E-state index in [0.29, 0.717) is 5.25 Å². The van der Waals surface area contributed by atoms with E-state index in [1.54, 1.807) is 23.1 Å². The van der Waals surface area contributed by atoms with Gasteiger partial charge in [-0.15, -0.1) is 0 Å². The molecule has 0 aromatic carbocycles. The van der Waals surface area contributed by atoms with Gasteiger partial charge in [0.2, 0.25) is 5.91 Å². The lowest BCUT2D eigenvalue weighted by Crippen LogP contribution is -2.35. The van der Waals surface area contributed by atoms with E-state index in [1.165, 1.54) is 5.56 Å². The molecule has 1 aromatic rings. The van der Waals surface area contributed by atoms with Gasteiger partial charge in [-0.2, -0.15) is 23.1 Å². The predicted molar refractivity (Wildman–Crippen MR) is 74.3 cm³/mol. The topological polar surface area (TPSA) is 32.3 Å². The minimum absolute atomic E-state index is 0.0540. The van der Waals surface area contributed by atoms with E-state index >= 15 is 0 Å². The smallest absolute Gasteiger partial charge is 0.241 e. The Kier molecular flexibility index (Phi) is 4.12. The Labute approximate surface area is 111 Å². The van der Waals surface area contributed by atoms with Gasteiger partial charge in [-0.1, -0.05) is 6.92 Å². The molecule has 0 radical (unpaired) electrons. The van der Waals surface area contributed by atoms with Crippen molar-refractivity contribution in [1.29, 1.82) is 0 Å². The monoisotopic (exact) mass is 270 g/mol. The fourth-order valence-corrected chi connectivity index (χ4v) is 3.02. The van der Waals surface area contributed by atoms with Gasteiger partial charge in [-0.05, 0) is 35.6 Å². The van der Waals surface area contributed by atoms with Crippen LogP contribution in [0.4, 0.5) is 0 Å². The summed E-state index contributed by atoms with van der Waals surface area (Å²) in [6.07, 6.45) is 2.14. The Morgan fingerprint density at radius 1 is 1.65 bits per heavy atom. The molecule has 1 amide bonds. The summed E-state index contributed by atoms with van der Waals surface area (Å²) in [5.74, 6) is 0.210. The van der Waals surface area contributed by atoms with Gasteiger partial charge in [0.15, 0.2) is 0 Å². The van der Waals surface area contributed by atoms with Crippen molar-refractivity contribution in [2.45, 2.75) is 31.3 Å². The standard InChI is InChI=1S/C12H18N2OS2/c1-8(16-3)6-14-11(10-4-5-17-7-10)13-9(2)12(14)15/h4-5,7-9,11,13H,6H2,1-3H3. The van der Waals surface area contributed by atoms with Gasteiger partial charge >= 0.3 is 0 Å². The molecule has 1 aliphatic heterocycles. The maximum absolute atomic E-state index is 12.1. The van der Waals surface area contributed by atoms with Crippen molar-refractivity contribution in [3.8, 4) is 0 Å². The Bertz CT molecular complexity index is 380. The summed E-state index contributed by atoms with van der Waals surface area (Å²) >= 11 is 3.47. The molecule has 0 spiro atoms. The highest BCUT2D eigenvalue weighted by atomic mass is 32.2. The number of amides is 1. The largest absolute Gasteiger partial charge is 0.320 e. The van der Waals surface area contributed by atoms with Crippen LogP contribution in [0, 0.1) is 0 Å². The lowest BCUT2D eigenvalue weighted by atomic mass is 10.2. The highest BCUT2D eigenvalue weighted by Crippen LogP contribution is 2.28. The molecule has 0 aliphatic carbocycles. The maximum Gasteiger partial charge on any atom is 0.241 e. The van der Waals surface area contributed by atoms with Gasteiger partial charge in [0, 0.05) is 11.8 Å². The van der Waals surface area contributed by atoms with E-state index in [4.69, 9.17) is 0 Å². The molecule has 94 valence electrons. The molecule has 1 aromatic heterocycles. The number of carbonyl (C=O) groups is 1. The number of thioether (sulfide) groups is 1. The van der Waals surface area contributed by atoms with E-state index < -0.39 is 0 Å². The van der Waals surface area contributed by atoms with Crippen molar-refractivity contribution in [3.63, 3.8) is 0 Å². The van der Waals surface area contributed by atoms with Gasteiger partial charge in [0.25, 0.3) is 0 Å². The summed E-state index contributed by atoms with van der Waals surface area (Å²) in [4.78, 5) is 14.1. The van der Waals surface area contributed by atoms with Crippen molar-refractivity contribution in [3.05, 3.63) is 22.4 Å². The van der Waals surface area contributed by atoms with Gasteiger partial charge in [0.1, 0.15) is 6.17 Å². The Morgan fingerprint density at radius 3 is 3.00 bits per heavy atom. The van der Waals surface area contributed by atoms with Crippen LogP contribution < -0.4 is 5.32 Å². The number of nitrogens with zero attached hydrogens (tertiary/aromatic N) is 1. The molecular formula is C12H18N2OS2. The molecule has 1 fully saturated rings. The lowest BCUT2D eigenvalue weighted by molar-refractivity contribution is -0.129. The second kappa shape index (κ2) is 5.42. The Morgan fingerprint density at radius 2 is 2.41 bits per heavy atom. The quantitative estimate of drug-likeness (QED) is 0.911. The molecule has 3 atom stereocenters. The van der Waals surface area contributed by atoms with E-state index in [0.717, 1.165) is 6.54 Å².